The molecule has 0 aliphatic carbocycles. The van der Waals surface area contributed by atoms with Crippen LogP contribution in [-0.2, 0) is 17.8 Å². The fraction of sp³-hybridized carbons (Fsp3) is 0.292. The third-order valence-electron chi connectivity index (χ3n) is 5.65. The zero-order chi connectivity index (χ0) is 22.8. The Morgan fingerprint density at radius 3 is 2.62 bits per heavy atom. The second-order valence-electron chi connectivity index (χ2n) is 7.87. The normalized spacial score (nSPS) is 13.6. The van der Waals surface area contributed by atoms with E-state index in [-0.39, 0.29) is 17.8 Å². The minimum Gasteiger partial charge on any atom is -0.465 e. The van der Waals surface area contributed by atoms with Crippen LogP contribution >= 0.6 is 0 Å². The highest BCUT2D eigenvalue weighted by atomic mass is 19.1. The van der Waals surface area contributed by atoms with Gasteiger partial charge in [0.05, 0.1) is 31.0 Å². The lowest BCUT2D eigenvalue weighted by Gasteiger charge is -2.20. The second kappa shape index (κ2) is 8.82. The highest BCUT2D eigenvalue weighted by Gasteiger charge is 2.30. The standard InChI is InChI=1S/C24H25FN4O3/c1-15(18-7-9-19(10-8-18)24(31)32-3)26-22(30)21-16(2)27-29-12-11-28(23(21)29)14-17-5-4-6-20(25)13-17/h4-10,13,15H,11-12,14H2,1-3H3,(H,26,30)/t15-/m0/s1. The molecule has 3 aromatic rings. The summed E-state index contributed by atoms with van der Waals surface area (Å²) in [6, 6.07) is 13.1. The number of ether oxygens (including phenoxy) is 1. The van der Waals surface area contributed by atoms with E-state index in [0.717, 1.165) is 16.9 Å². The number of aryl methyl sites for hydroxylation is 1. The number of carbonyl (C=O) groups excluding carboxylic acids is 2. The number of halogens is 1. The molecule has 8 heteroatoms. The monoisotopic (exact) mass is 436 g/mol. The van der Waals surface area contributed by atoms with Gasteiger partial charge in [-0.05, 0) is 49.2 Å². The Balaban J connectivity index is 1.53. The van der Waals surface area contributed by atoms with Crippen LogP contribution in [0.4, 0.5) is 10.2 Å². The summed E-state index contributed by atoms with van der Waals surface area (Å²) in [5.74, 6) is -0.161. The van der Waals surface area contributed by atoms with Crippen LogP contribution in [0.2, 0.25) is 0 Å². The maximum Gasteiger partial charge on any atom is 0.337 e. The fourth-order valence-electron chi connectivity index (χ4n) is 4.02. The molecule has 0 radical (unpaired) electrons. The molecule has 1 aromatic heterocycles. The van der Waals surface area contributed by atoms with E-state index in [1.807, 2.05) is 24.6 Å². The van der Waals surface area contributed by atoms with Crippen molar-refractivity contribution in [1.29, 1.82) is 0 Å². The second-order valence-corrected chi connectivity index (χ2v) is 7.87. The summed E-state index contributed by atoms with van der Waals surface area (Å²) in [6.45, 7) is 5.56. The Kier molecular flexibility index (Phi) is 5.94. The van der Waals surface area contributed by atoms with E-state index in [9.17, 15) is 14.0 Å². The van der Waals surface area contributed by atoms with E-state index in [1.165, 1.54) is 19.2 Å². The van der Waals surface area contributed by atoms with Gasteiger partial charge >= 0.3 is 5.97 Å². The Labute approximate surface area is 185 Å². The predicted molar refractivity (Wildman–Crippen MR) is 118 cm³/mol. The van der Waals surface area contributed by atoms with Crippen LogP contribution in [0.25, 0.3) is 0 Å². The van der Waals surface area contributed by atoms with Crippen molar-refractivity contribution in [3.63, 3.8) is 0 Å². The fourth-order valence-corrected chi connectivity index (χ4v) is 4.02. The summed E-state index contributed by atoms with van der Waals surface area (Å²) >= 11 is 0. The molecular weight excluding hydrogens is 411 g/mol. The minimum absolute atomic E-state index is 0.223. The molecule has 0 unspecified atom stereocenters. The Bertz CT molecular complexity index is 1160. The van der Waals surface area contributed by atoms with Gasteiger partial charge in [-0.2, -0.15) is 5.10 Å². The molecule has 0 spiro atoms. The third kappa shape index (κ3) is 4.21. The first-order chi connectivity index (χ1) is 15.4. The molecule has 7 nitrogen and oxygen atoms in total. The summed E-state index contributed by atoms with van der Waals surface area (Å²) in [5.41, 5.74) is 3.33. The first kappa shape index (κ1) is 21.5. The number of nitrogens with one attached hydrogen (secondary N) is 1. The van der Waals surface area contributed by atoms with Crippen molar-refractivity contribution in [2.45, 2.75) is 33.0 Å². The zero-order valence-corrected chi connectivity index (χ0v) is 18.3. The predicted octanol–water partition coefficient (Wildman–Crippen LogP) is 3.63. The number of esters is 1. The van der Waals surface area contributed by atoms with Crippen molar-refractivity contribution in [3.05, 3.63) is 82.3 Å². The van der Waals surface area contributed by atoms with Gasteiger partial charge in [-0.15, -0.1) is 0 Å². The molecule has 0 saturated carbocycles. The van der Waals surface area contributed by atoms with Gasteiger partial charge < -0.3 is 15.0 Å². The molecule has 0 saturated heterocycles. The number of carbonyl (C=O) groups is 2. The number of hydrogen-bond acceptors (Lipinski definition) is 5. The molecule has 2 heterocycles. The smallest absolute Gasteiger partial charge is 0.337 e. The Morgan fingerprint density at radius 2 is 1.94 bits per heavy atom. The average molecular weight is 436 g/mol. The number of benzene rings is 2. The van der Waals surface area contributed by atoms with E-state index in [0.29, 0.717) is 36.5 Å². The summed E-state index contributed by atoms with van der Waals surface area (Å²) < 4.78 is 20.2. The van der Waals surface area contributed by atoms with Crippen molar-refractivity contribution < 1.29 is 18.7 Å². The zero-order valence-electron chi connectivity index (χ0n) is 18.3. The van der Waals surface area contributed by atoms with Crippen LogP contribution in [0.5, 0.6) is 0 Å². The lowest BCUT2D eigenvalue weighted by atomic mass is 10.1. The van der Waals surface area contributed by atoms with Gasteiger partial charge in [-0.3, -0.25) is 4.79 Å². The summed E-state index contributed by atoms with van der Waals surface area (Å²) in [6.07, 6.45) is 0. The molecule has 1 aliphatic rings. The van der Waals surface area contributed by atoms with Crippen LogP contribution in [0.1, 0.15) is 50.5 Å². The van der Waals surface area contributed by atoms with Gasteiger partial charge in [0.15, 0.2) is 0 Å². The van der Waals surface area contributed by atoms with Crippen LogP contribution < -0.4 is 10.2 Å². The highest BCUT2D eigenvalue weighted by molar-refractivity contribution is 6.00. The number of rotatable bonds is 6. The molecule has 0 bridgehead atoms. The molecule has 0 fully saturated rings. The summed E-state index contributed by atoms with van der Waals surface area (Å²) in [7, 11) is 1.34. The summed E-state index contributed by atoms with van der Waals surface area (Å²) in [5, 5.41) is 7.56. The number of fused-ring (bicyclic) bond motifs is 1. The molecule has 1 N–H and O–H groups in total. The third-order valence-corrected chi connectivity index (χ3v) is 5.65. The van der Waals surface area contributed by atoms with Crippen molar-refractivity contribution in [3.8, 4) is 0 Å². The van der Waals surface area contributed by atoms with Crippen molar-refractivity contribution in [2.24, 2.45) is 0 Å². The van der Waals surface area contributed by atoms with Gasteiger partial charge in [-0.25, -0.2) is 13.9 Å². The van der Waals surface area contributed by atoms with Crippen LogP contribution in [-0.4, -0.2) is 35.3 Å². The quantitative estimate of drug-likeness (QED) is 0.597. The average Bonchev–Trinajstić information content (AvgIpc) is 3.31. The van der Waals surface area contributed by atoms with E-state index in [4.69, 9.17) is 4.74 Å². The maximum absolute atomic E-state index is 13.6. The van der Waals surface area contributed by atoms with Crippen LogP contribution in [0.15, 0.2) is 48.5 Å². The largest absolute Gasteiger partial charge is 0.465 e. The summed E-state index contributed by atoms with van der Waals surface area (Å²) in [4.78, 5) is 26.9. The van der Waals surface area contributed by atoms with Crippen LogP contribution in [0, 0.1) is 12.7 Å². The molecule has 32 heavy (non-hydrogen) atoms. The Hall–Kier alpha value is -3.68. The topological polar surface area (TPSA) is 76.5 Å². The number of nitrogens with zero attached hydrogens (tertiary/aromatic N) is 3. The van der Waals surface area contributed by atoms with Gasteiger partial charge in [-0.1, -0.05) is 24.3 Å². The first-order valence-corrected chi connectivity index (χ1v) is 10.4. The lowest BCUT2D eigenvalue weighted by Crippen LogP contribution is -2.29. The molecule has 1 atom stereocenters. The van der Waals surface area contributed by atoms with Crippen molar-refractivity contribution in [1.82, 2.24) is 15.1 Å². The molecule has 4 rings (SSSR count). The van der Waals surface area contributed by atoms with Gasteiger partial charge in [0, 0.05) is 13.1 Å². The SMILES string of the molecule is COC(=O)c1ccc([C@H](C)NC(=O)c2c(C)nn3c2N(Cc2cccc(F)c2)CC3)cc1. The minimum atomic E-state index is -0.405. The van der Waals surface area contributed by atoms with Gasteiger partial charge in [0.2, 0.25) is 0 Å². The molecule has 1 aliphatic heterocycles. The number of hydrogen-bond donors (Lipinski definition) is 1. The first-order valence-electron chi connectivity index (χ1n) is 10.4. The molecule has 2 aromatic carbocycles. The maximum atomic E-state index is 13.6. The van der Waals surface area contributed by atoms with Crippen molar-refractivity contribution >= 4 is 17.7 Å². The number of anilines is 1. The Morgan fingerprint density at radius 1 is 1.19 bits per heavy atom. The molecule has 1 amide bonds. The van der Waals surface area contributed by atoms with E-state index >= 15 is 0 Å². The van der Waals surface area contributed by atoms with E-state index in [1.54, 1.807) is 30.3 Å². The lowest BCUT2D eigenvalue weighted by molar-refractivity contribution is 0.0600. The van der Waals surface area contributed by atoms with E-state index < -0.39 is 5.97 Å². The van der Waals surface area contributed by atoms with Gasteiger partial charge in [0.1, 0.15) is 17.2 Å². The number of methoxy groups -OCH3 is 1. The van der Waals surface area contributed by atoms with Crippen molar-refractivity contribution in [2.75, 3.05) is 18.6 Å². The van der Waals surface area contributed by atoms with E-state index in [2.05, 4.69) is 15.3 Å². The molecular formula is C24H25FN4O3. The highest BCUT2D eigenvalue weighted by Crippen LogP contribution is 2.30. The molecule has 166 valence electrons. The van der Waals surface area contributed by atoms with Crippen LogP contribution in [0.3, 0.4) is 0 Å². The van der Waals surface area contributed by atoms with Gasteiger partial charge in [0.25, 0.3) is 5.91 Å². The number of aromatic nitrogens is 2. The number of amides is 1.